The zero-order valence-corrected chi connectivity index (χ0v) is 13.4. The standard InChI is InChI=1S/C17H12FN3O5/c1-9(22)26-17-16(23)19-14-7-6-10(21(24)25)8-12(14)15(20-17)11-4-2-3-5-13(11)18/h2-8,17H,1H3,(H,19,23). The van der Waals surface area contributed by atoms with Gasteiger partial charge in [-0.25, -0.2) is 9.38 Å². The first-order chi connectivity index (χ1) is 12.4. The van der Waals surface area contributed by atoms with Gasteiger partial charge in [-0.15, -0.1) is 0 Å². The third-order valence-electron chi connectivity index (χ3n) is 3.60. The van der Waals surface area contributed by atoms with Crippen LogP contribution in [0, 0.1) is 15.9 Å². The normalized spacial score (nSPS) is 16.0. The Morgan fingerprint density at radius 3 is 2.65 bits per heavy atom. The number of esters is 1. The van der Waals surface area contributed by atoms with Crippen molar-refractivity contribution >= 4 is 29.0 Å². The molecule has 1 aliphatic rings. The number of benzodiazepines with no additional fused rings is 1. The van der Waals surface area contributed by atoms with Gasteiger partial charge in [0, 0.05) is 30.2 Å². The van der Waals surface area contributed by atoms with Gasteiger partial charge in [0.2, 0.25) is 0 Å². The van der Waals surface area contributed by atoms with Gasteiger partial charge in [-0.3, -0.25) is 19.7 Å². The molecule has 2 aromatic carbocycles. The maximum absolute atomic E-state index is 14.3. The third-order valence-corrected chi connectivity index (χ3v) is 3.60. The van der Waals surface area contributed by atoms with Gasteiger partial charge in [-0.2, -0.15) is 0 Å². The summed E-state index contributed by atoms with van der Waals surface area (Å²) >= 11 is 0. The number of halogens is 1. The van der Waals surface area contributed by atoms with E-state index >= 15 is 0 Å². The van der Waals surface area contributed by atoms with E-state index in [2.05, 4.69) is 10.3 Å². The largest absolute Gasteiger partial charge is 0.430 e. The molecule has 1 unspecified atom stereocenters. The maximum atomic E-state index is 14.3. The van der Waals surface area contributed by atoms with E-state index in [9.17, 15) is 24.1 Å². The van der Waals surface area contributed by atoms with Crippen molar-refractivity contribution in [1.29, 1.82) is 0 Å². The highest BCUT2D eigenvalue weighted by Crippen LogP contribution is 2.29. The third kappa shape index (κ3) is 3.27. The number of carbonyl (C=O) groups excluding carboxylic acids is 2. The molecule has 1 heterocycles. The van der Waals surface area contributed by atoms with Crippen LogP contribution in [0.5, 0.6) is 0 Å². The second-order valence-electron chi connectivity index (χ2n) is 5.40. The van der Waals surface area contributed by atoms with Crippen LogP contribution in [0.3, 0.4) is 0 Å². The lowest BCUT2D eigenvalue weighted by atomic mass is 9.99. The Morgan fingerprint density at radius 2 is 2.00 bits per heavy atom. The number of carbonyl (C=O) groups is 2. The molecule has 132 valence electrons. The van der Waals surface area contributed by atoms with Gasteiger partial charge in [0.25, 0.3) is 17.8 Å². The van der Waals surface area contributed by atoms with E-state index in [1.807, 2.05) is 0 Å². The molecule has 8 nitrogen and oxygen atoms in total. The molecule has 0 fully saturated rings. The van der Waals surface area contributed by atoms with Crippen LogP contribution >= 0.6 is 0 Å². The number of nitro groups is 1. The predicted octanol–water partition coefficient (Wildman–Crippen LogP) is 2.41. The summed E-state index contributed by atoms with van der Waals surface area (Å²) in [5, 5.41) is 13.6. The average Bonchev–Trinajstić information content (AvgIpc) is 2.71. The fraction of sp³-hybridized carbons (Fsp3) is 0.118. The molecule has 0 spiro atoms. The van der Waals surface area contributed by atoms with Gasteiger partial charge in [-0.05, 0) is 18.2 Å². The molecule has 0 bridgehead atoms. The number of aliphatic imine (C=N–C) groups is 1. The van der Waals surface area contributed by atoms with Crippen molar-refractivity contribution in [2.45, 2.75) is 13.2 Å². The molecule has 0 aliphatic carbocycles. The van der Waals surface area contributed by atoms with Crippen molar-refractivity contribution in [2.75, 3.05) is 5.32 Å². The minimum atomic E-state index is -1.55. The fourth-order valence-corrected chi connectivity index (χ4v) is 2.50. The lowest BCUT2D eigenvalue weighted by molar-refractivity contribution is -0.384. The summed E-state index contributed by atoms with van der Waals surface area (Å²) in [6.45, 7) is 1.11. The highest BCUT2D eigenvalue weighted by Gasteiger charge is 2.30. The number of ether oxygens (including phenoxy) is 1. The number of anilines is 1. The SMILES string of the molecule is CC(=O)OC1N=C(c2ccccc2F)c2cc([N+](=O)[O-])ccc2NC1=O. The van der Waals surface area contributed by atoms with Gasteiger partial charge < -0.3 is 10.1 Å². The van der Waals surface area contributed by atoms with Gasteiger partial charge in [0.1, 0.15) is 5.82 Å². The molecule has 9 heteroatoms. The Kier molecular flexibility index (Phi) is 4.44. The van der Waals surface area contributed by atoms with E-state index in [0.717, 1.165) is 6.92 Å². The molecular formula is C17H12FN3O5. The number of fused-ring (bicyclic) bond motifs is 1. The van der Waals surface area contributed by atoms with Crippen LogP contribution in [-0.4, -0.2) is 28.7 Å². The summed E-state index contributed by atoms with van der Waals surface area (Å²) in [5.74, 6) is -2.14. The number of benzene rings is 2. The Labute approximate surface area is 146 Å². The second kappa shape index (κ2) is 6.71. The van der Waals surface area contributed by atoms with Gasteiger partial charge >= 0.3 is 5.97 Å². The minimum Gasteiger partial charge on any atom is -0.430 e. The smallest absolute Gasteiger partial charge is 0.305 e. The van der Waals surface area contributed by atoms with Crippen LogP contribution in [-0.2, 0) is 14.3 Å². The van der Waals surface area contributed by atoms with Gasteiger partial charge in [0.05, 0.1) is 16.3 Å². The Morgan fingerprint density at radius 1 is 1.27 bits per heavy atom. The van der Waals surface area contributed by atoms with Crippen LogP contribution in [0.25, 0.3) is 0 Å². The molecule has 26 heavy (non-hydrogen) atoms. The average molecular weight is 357 g/mol. The van der Waals surface area contributed by atoms with E-state index in [4.69, 9.17) is 4.74 Å². The first-order valence-electron chi connectivity index (χ1n) is 7.46. The zero-order chi connectivity index (χ0) is 18.8. The van der Waals surface area contributed by atoms with E-state index in [1.165, 1.54) is 36.4 Å². The van der Waals surface area contributed by atoms with Crippen LogP contribution in [0.2, 0.25) is 0 Å². The van der Waals surface area contributed by atoms with Crippen LogP contribution in [0.1, 0.15) is 18.1 Å². The van der Waals surface area contributed by atoms with E-state index in [0.29, 0.717) is 0 Å². The summed E-state index contributed by atoms with van der Waals surface area (Å²) in [7, 11) is 0. The summed E-state index contributed by atoms with van der Waals surface area (Å²) < 4.78 is 19.2. The number of amides is 1. The number of nitrogens with zero attached hydrogens (tertiary/aromatic N) is 2. The monoisotopic (exact) mass is 357 g/mol. The topological polar surface area (TPSA) is 111 Å². The fourth-order valence-electron chi connectivity index (χ4n) is 2.50. The number of rotatable bonds is 3. The number of nitro benzene ring substituents is 1. The van der Waals surface area contributed by atoms with Crippen molar-refractivity contribution in [3.05, 3.63) is 69.5 Å². The van der Waals surface area contributed by atoms with Crippen molar-refractivity contribution in [3.63, 3.8) is 0 Å². The van der Waals surface area contributed by atoms with Gasteiger partial charge in [0.15, 0.2) is 0 Å². The zero-order valence-electron chi connectivity index (χ0n) is 13.4. The first kappa shape index (κ1) is 17.2. The highest BCUT2D eigenvalue weighted by molar-refractivity contribution is 6.20. The molecule has 1 atom stereocenters. The van der Waals surface area contributed by atoms with Crippen molar-refractivity contribution in [2.24, 2.45) is 4.99 Å². The second-order valence-corrected chi connectivity index (χ2v) is 5.40. The number of hydrogen-bond donors (Lipinski definition) is 1. The first-order valence-corrected chi connectivity index (χ1v) is 7.46. The maximum Gasteiger partial charge on any atom is 0.305 e. The Balaban J connectivity index is 2.25. The molecule has 0 saturated heterocycles. The molecule has 2 aromatic rings. The van der Waals surface area contributed by atoms with Crippen molar-refractivity contribution in [3.8, 4) is 0 Å². The highest BCUT2D eigenvalue weighted by atomic mass is 19.1. The minimum absolute atomic E-state index is 0.0166. The molecule has 0 aromatic heterocycles. The molecule has 0 radical (unpaired) electrons. The summed E-state index contributed by atoms with van der Waals surface area (Å²) in [6, 6.07) is 9.32. The molecule has 1 N–H and O–H groups in total. The van der Waals surface area contributed by atoms with E-state index < -0.39 is 28.8 Å². The van der Waals surface area contributed by atoms with Crippen LogP contribution in [0.4, 0.5) is 15.8 Å². The van der Waals surface area contributed by atoms with Crippen LogP contribution < -0.4 is 5.32 Å². The predicted molar refractivity (Wildman–Crippen MR) is 89.3 cm³/mol. The molecule has 1 amide bonds. The van der Waals surface area contributed by atoms with Crippen LogP contribution in [0.15, 0.2) is 47.5 Å². The summed E-state index contributed by atoms with van der Waals surface area (Å²) in [6.07, 6.45) is -1.55. The molecule has 1 aliphatic heterocycles. The number of nitrogens with one attached hydrogen (secondary N) is 1. The lowest BCUT2D eigenvalue weighted by Crippen LogP contribution is -2.29. The van der Waals surface area contributed by atoms with Gasteiger partial charge in [-0.1, -0.05) is 12.1 Å². The number of non-ortho nitro benzene ring substituents is 1. The Bertz CT molecular complexity index is 957. The Hall–Kier alpha value is -3.62. The van der Waals surface area contributed by atoms with E-state index in [-0.39, 0.29) is 28.2 Å². The van der Waals surface area contributed by atoms with Crippen molar-refractivity contribution < 1.29 is 23.6 Å². The molecule has 3 rings (SSSR count). The molecular weight excluding hydrogens is 345 g/mol. The lowest BCUT2D eigenvalue weighted by Gasteiger charge is -2.11. The van der Waals surface area contributed by atoms with Crippen molar-refractivity contribution in [1.82, 2.24) is 0 Å². The molecule has 0 saturated carbocycles. The van der Waals surface area contributed by atoms with E-state index in [1.54, 1.807) is 6.07 Å². The number of hydrogen-bond acceptors (Lipinski definition) is 6. The quantitative estimate of drug-likeness (QED) is 0.515. The summed E-state index contributed by atoms with van der Waals surface area (Å²) in [4.78, 5) is 38.1. The summed E-state index contributed by atoms with van der Waals surface area (Å²) in [5.41, 5.74) is 0.0619.